The van der Waals surface area contributed by atoms with E-state index in [1.165, 1.54) is 6.07 Å². The van der Waals surface area contributed by atoms with Crippen LogP contribution in [-0.4, -0.2) is 6.61 Å². The molecule has 0 fully saturated rings. The van der Waals surface area contributed by atoms with Gasteiger partial charge in [0, 0.05) is 0 Å². The van der Waals surface area contributed by atoms with Crippen molar-refractivity contribution in [3.05, 3.63) is 27.3 Å². The van der Waals surface area contributed by atoms with Crippen LogP contribution in [0, 0.1) is 15.9 Å². The molecule has 0 bridgehead atoms. The minimum Gasteiger partial charge on any atom is -0.480 e. The number of rotatable bonds is 2. The van der Waals surface area contributed by atoms with E-state index in [4.69, 9.17) is 11.2 Å². The highest BCUT2D eigenvalue weighted by molar-refractivity contribution is 14.1. The lowest BCUT2D eigenvalue weighted by Crippen LogP contribution is -2.05. The normalized spacial score (nSPS) is 10.9. The van der Waals surface area contributed by atoms with Gasteiger partial charge in [0.25, 0.3) is 0 Å². The molecule has 1 rings (SSSR count). The van der Waals surface area contributed by atoms with E-state index in [-0.39, 0.29) is 6.61 Å². The first-order valence-electron chi connectivity index (χ1n) is 3.88. The van der Waals surface area contributed by atoms with Crippen LogP contribution in [-0.2, 0) is 6.18 Å². The molecule has 0 amide bonds. The Hall–Kier alpha value is -0.900. The summed E-state index contributed by atoms with van der Waals surface area (Å²) >= 11 is 1.77. The predicted molar refractivity (Wildman–Crippen MR) is 58.5 cm³/mol. The van der Waals surface area contributed by atoms with E-state index in [0.717, 1.165) is 12.1 Å². The molecule has 0 N–H and O–H groups in total. The predicted octanol–water partition coefficient (Wildman–Crippen LogP) is 3.32. The monoisotopic (exact) mass is 326 g/mol. The molecule has 0 atom stereocenters. The van der Waals surface area contributed by atoms with Crippen LogP contribution in [0.25, 0.3) is 0 Å². The third kappa shape index (κ3) is 3.30. The Labute approximate surface area is 98.8 Å². The summed E-state index contributed by atoms with van der Waals surface area (Å²) in [6.07, 6.45) is 0.639. The lowest BCUT2D eigenvalue weighted by atomic mass is 10.2. The maximum absolute atomic E-state index is 12.3. The van der Waals surface area contributed by atoms with Gasteiger partial charge in [-0.05, 0) is 40.8 Å². The molecule has 0 aromatic heterocycles. The molecule has 0 radical (unpaired) electrons. The smallest absolute Gasteiger partial charge is 0.416 e. The van der Waals surface area contributed by atoms with Crippen molar-refractivity contribution in [2.24, 2.45) is 0 Å². The number of hydrogen-bond acceptors (Lipinski definition) is 1. The fourth-order valence-electron chi connectivity index (χ4n) is 0.914. The van der Waals surface area contributed by atoms with Crippen LogP contribution < -0.4 is 4.74 Å². The van der Waals surface area contributed by atoms with Gasteiger partial charge in [-0.15, -0.1) is 6.42 Å². The molecule has 0 spiro atoms. The average Bonchev–Trinajstić information content (AvgIpc) is 2.14. The molecule has 0 aliphatic carbocycles. The van der Waals surface area contributed by atoms with Gasteiger partial charge in [-0.1, -0.05) is 5.92 Å². The second-order valence-corrected chi connectivity index (χ2v) is 3.80. The minimum absolute atomic E-state index is 0.0430. The van der Waals surface area contributed by atoms with Crippen molar-refractivity contribution >= 4 is 22.6 Å². The van der Waals surface area contributed by atoms with Crippen molar-refractivity contribution in [3.63, 3.8) is 0 Å². The lowest BCUT2D eigenvalue weighted by Gasteiger charge is -2.09. The molecule has 1 nitrogen and oxygen atoms in total. The SMILES string of the molecule is C#CCOc1ccc(C(F)(F)F)cc1I. The molecule has 0 unspecified atom stereocenters. The third-order valence-electron chi connectivity index (χ3n) is 1.57. The van der Waals surface area contributed by atoms with Crippen molar-refractivity contribution in [1.82, 2.24) is 0 Å². The molecular weight excluding hydrogens is 320 g/mol. The maximum Gasteiger partial charge on any atom is 0.416 e. The summed E-state index contributed by atoms with van der Waals surface area (Å²) in [6.45, 7) is 0.0430. The Morgan fingerprint density at radius 1 is 1.40 bits per heavy atom. The first-order valence-corrected chi connectivity index (χ1v) is 4.96. The zero-order chi connectivity index (χ0) is 11.5. The molecule has 0 heterocycles. The van der Waals surface area contributed by atoms with Crippen molar-refractivity contribution < 1.29 is 17.9 Å². The number of benzene rings is 1. The van der Waals surface area contributed by atoms with Gasteiger partial charge in [-0.25, -0.2) is 0 Å². The molecule has 1 aromatic rings. The molecular formula is C10H6F3IO. The van der Waals surface area contributed by atoms with E-state index in [9.17, 15) is 13.2 Å². The van der Waals surface area contributed by atoms with Gasteiger partial charge >= 0.3 is 6.18 Å². The number of ether oxygens (including phenoxy) is 1. The highest BCUT2D eigenvalue weighted by Crippen LogP contribution is 2.32. The summed E-state index contributed by atoms with van der Waals surface area (Å²) < 4.78 is 42.3. The zero-order valence-corrected chi connectivity index (χ0v) is 9.59. The number of halogens is 4. The molecule has 0 saturated carbocycles. The molecule has 0 saturated heterocycles. The highest BCUT2D eigenvalue weighted by atomic mass is 127. The van der Waals surface area contributed by atoms with E-state index in [0.29, 0.717) is 9.32 Å². The first kappa shape index (κ1) is 12.2. The number of hydrogen-bond donors (Lipinski definition) is 0. The van der Waals surface area contributed by atoms with Gasteiger partial charge in [0.2, 0.25) is 0 Å². The Morgan fingerprint density at radius 3 is 2.53 bits per heavy atom. The van der Waals surface area contributed by atoms with Gasteiger partial charge < -0.3 is 4.74 Å². The zero-order valence-electron chi connectivity index (χ0n) is 7.44. The summed E-state index contributed by atoms with van der Waals surface area (Å²) in [7, 11) is 0. The molecule has 80 valence electrons. The standard InChI is InChI=1S/C10H6F3IO/c1-2-5-15-9-4-3-7(6-8(9)14)10(11,12)13/h1,3-4,6H,5H2. The molecule has 15 heavy (non-hydrogen) atoms. The number of alkyl halides is 3. The van der Waals surface area contributed by atoms with Crippen LogP contribution in [0.15, 0.2) is 18.2 Å². The minimum atomic E-state index is -4.33. The summed E-state index contributed by atoms with van der Waals surface area (Å²) in [5, 5.41) is 0. The Morgan fingerprint density at radius 2 is 2.07 bits per heavy atom. The van der Waals surface area contributed by atoms with E-state index in [1.54, 1.807) is 22.6 Å². The van der Waals surface area contributed by atoms with Crippen LogP contribution in [0.5, 0.6) is 5.75 Å². The average molecular weight is 326 g/mol. The van der Waals surface area contributed by atoms with E-state index in [2.05, 4.69) is 5.92 Å². The molecule has 5 heteroatoms. The van der Waals surface area contributed by atoms with Crippen molar-refractivity contribution in [1.29, 1.82) is 0 Å². The Kier molecular flexibility index (Phi) is 3.85. The molecule has 0 aliphatic heterocycles. The largest absolute Gasteiger partial charge is 0.480 e. The van der Waals surface area contributed by atoms with E-state index >= 15 is 0 Å². The van der Waals surface area contributed by atoms with E-state index in [1.807, 2.05) is 0 Å². The van der Waals surface area contributed by atoms with Crippen LogP contribution in [0.3, 0.4) is 0 Å². The van der Waals surface area contributed by atoms with Gasteiger partial charge in [-0.2, -0.15) is 13.2 Å². The van der Waals surface area contributed by atoms with Crippen LogP contribution >= 0.6 is 22.6 Å². The Bertz CT molecular complexity index is 393. The van der Waals surface area contributed by atoms with Crippen molar-refractivity contribution in [2.75, 3.05) is 6.61 Å². The van der Waals surface area contributed by atoms with E-state index < -0.39 is 11.7 Å². The molecule has 0 aliphatic rings. The van der Waals surface area contributed by atoms with Gasteiger partial charge in [-0.3, -0.25) is 0 Å². The number of terminal acetylenes is 1. The maximum atomic E-state index is 12.3. The van der Waals surface area contributed by atoms with Crippen LogP contribution in [0.4, 0.5) is 13.2 Å². The highest BCUT2D eigenvalue weighted by Gasteiger charge is 2.30. The summed E-state index contributed by atoms with van der Waals surface area (Å²) in [4.78, 5) is 0. The fourth-order valence-corrected chi connectivity index (χ4v) is 1.58. The summed E-state index contributed by atoms with van der Waals surface area (Å²) in [5.74, 6) is 2.60. The first-order chi connectivity index (χ1) is 6.95. The topological polar surface area (TPSA) is 9.23 Å². The van der Waals surface area contributed by atoms with Crippen molar-refractivity contribution in [3.8, 4) is 18.1 Å². The van der Waals surface area contributed by atoms with Crippen molar-refractivity contribution in [2.45, 2.75) is 6.18 Å². The second kappa shape index (κ2) is 4.75. The third-order valence-corrected chi connectivity index (χ3v) is 2.41. The van der Waals surface area contributed by atoms with Gasteiger partial charge in [0.1, 0.15) is 12.4 Å². The van der Waals surface area contributed by atoms with Gasteiger partial charge in [0.15, 0.2) is 0 Å². The fraction of sp³-hybridized carbons (Fsp3) is 0.200. The quantitative estimate of drug-likeness (QED) is 0.598. The summed E-state index contributed by atoms with van der Waals surface area (Å²) in [6, 6.07) is 3.25. The van der Waals surface area contributed by atoms with Crippen LogP contribution in [0.1, 0.15) is 5.56 Å². The van der Waals surface area contributed by atoms with Gasteiger partial charge in [0.05, 0.1) is 9.13 Å². The molecule has 1 aromatic carbocycles. The second-order valence-electron chi connectivity index (χ2n) is 2.64. The Balaban J connectivity index is 2.94. The van der Waals surface area contributed by atoms with Crippen LogP contribution in [0.2, 0.25) is 0 Å². The summed E-state index contributed by atoms with van der Waals surface area (Å²) in [5.41, 5.74) is -0.694. The lowest BCUT2D eigenvalue weighted by molar-refractivity contribution is -0.137.